The number of hydrogen-bond donors (Lipinski definition) is 3. The van der Waals surface area contributed by atoms with Crippen molar-refractivity contribution in [2.24, 2.45) is 0 Å². The van der Waals surface area contributed by atoms with Crippen LogP contribution < -0.4 is 10.6 Å². The fourth-order valence-electron chi connectivity index (χ4n) is 3.12. The van der Waals surface area contributed by atoms with Crippen LogP contribution in [0.2, 0.25) is 5.02 Å². The van der Waals surface area contributed by atoms with Crippen LogP contribution in [0.15, 0.2) is 24.3 Å². The number of halogens is 1. The number of H-pyrrole nitrogens is 1. The Morgan fingerprint density at radius 2 is 2.00 bits per heavy atom. The average molecular weight is 400 g/mol. The highest BCUT2D eigenvalue weighted by Crippen LogP contribution is 2.27. The molecule has 1 aliphatic heterocycles. The summed E-state index contributed by atoms with van der Waals surface area (Å²) in [7, 11) is 0. The number of hydrogen-bond acceptors (Lipinski definition) is 6. The molecule has 0 bridgehead atoms. The lowest BCUT2D eigenvalue weighted by molar-refractivity contribution is 0.0724. The highest BCUT2D eigenvalue weighted by molar-refractivity contribution is 6.31. The van der Waals surface area contributed by atoms with Crippen LogP contribution in [0.5, 0.6) is 0 Å². The molecule has 0 unspecified atom stereocenters. The maximum absolute atomic E-state index is 12.9. The number of aromatic nitrogens is 4. The molecular formula is C19H22ClN7O. The molecule has 8 nitrogen and oxygen atoms in total. The van der Waals surface area contributed by atoms with Gasteiger partial charge in [0, 0.05) is 48.3 Å². The molecule has 0 radical (unpaired) electrons. The lowest BCUT2D eigenvalue weighted by Crippen LogP contribution is -2.46. The van der Waals surface area contributed by atoms with Gasteiger partial charge in [0.1, 0.15) is 5.82 Å². The molecule has 1 amide bonds. The summed E-state index contributed by atoms with van der Waals surface area (Å²) in [6.07, 6.45) is 0. The van der Waals surface area contributed by atoms with E-state index in [0.717, 1.165) is 24.2 Å². The van der Waals surface area contributed by atoms with Gasteiger partial charge in [-0.05, 0) is 24.1 Å². The van der Waals surface area contributed by atoms with E-state index in [1.54, 1.807) is 23.1 Å². The van der Waals surface area contributed by atoms with Gasteiger partial charge in [-0.2, -0.15) is 5.10 Å². The number of fused-ring (bicyclic) bond motifs is 1. The van der Waals surface area contributed by atoms with E-state index >= 15 is 0 Å². The Bertz CT molecular complexity index is 1010. The standard InChI is InChI=1S/C19H22ClN7O/c1-11(2)15-10-16(26-25-15)23-17-13-9-12(20)3-4-14(13)22-18(24-17)19(28)27-7-5-21-6-8-27/h3-4,9-11,21H,5-8H2,1-2H3,(H2,22,23,24,25,26). The molecule has 0 spiro atoms. The van der Waals surface area contributed by atoms with Gasteiger partial charge in [0.25, 0.3) is 5.91 Å². The molecule has 0 saturated carbocycles. The van der Waals surface area contributed by atoms with Crippen molar-refractivity contribution >= 4 is 40.0 Å². The second-order valence-electron chi connectivity index (χ2n) is 7.09. The van der Waals surface area contributed by atoms with E-state index < -0.39 is 0 Å². The number of anilines is 2. The van der Waals surface area contributed by atoms with Crippen LogP contribution in [-0.4, -0.2) is 57.2 Å². The van der Waals surface area contributed by atoms with Crippen molar-refractivity contribution in [1.82, 2.24) is 30.4 Å². The topological polar surface area (TPSA) is 98.8 Å². The van der Waals surface area contributed by atoms with E-state index in [-0.39, 0.29) is 11.7 Å². The molecule has 28 heavy (non-hydrogen) atoms. The number of nitrogens with one attached hydrogen (secondary N) is 3. The molecule has 9 heteroatoms. The average Bonchev–Trinajstić information content (AvgIpc) is 3.17. The van der Waals surface area contributed by atoms with Gasteiger partial charge >= 0.3 is 0 Å². The Labute approximate surface area is 167 Å². The summed E-state index contributed by atoms with van der Waals surface area (Å²) >= 11 is 6.18. The molecule has 4 rings (SSSR count). The Kier molecular flexibility index (Phi) is 5.15. The van der Waals surface area contributed by atoms with Crippen LogP contribution in [0, 0.1) is 0 Å². The first-order chi connectivity index (χ1) is 13.5. The van der Waals surface area contributed by atoms with Gasteiger partial charge in [0.2, 0.25) is 5.82 Å². The van der Waals surface area contributed by atoms with E-state index in [0.29, 0.717) is 41.2 Å². The molecule has 0 aliphatic carbocycles. The fraction of sp³-hybridized carbons (Fsp3) is 0.368. The van der Waals surface area contributed by atoms with Crippen LogP contribution in [0.25, 0.3) is 10.9 Å². The third-order valence-corrected chi connectivity index (χ3v) is 4.95. The summed E-state index contributed by atoms with van der Waals surface area (Å²) in [6.45, 7) is 6.99. The Morgan fingerprint density at radius 3 is 2.71 bits per heavy atom. The van der Waals surface area contributed by atoms with Gasteiger partial charge < -0.3 is 15.5 Å². The SMILES string of the molecule is CC(C)c1cc(Nc2nc(C(=O)N3CCNCC3)nc3ccc(Cl)cc23)n[nH]1. The minimum absolute atomic E-state index is 0.166. The Hall–Kier alpha value is -2.71. The number of nitrogens with zero attached hydrogens (tertiary/aromatic N) is 4. The smallest absolute Gasteiger partial charge is 0.291 e. The zero-order chi connectivity index (χ0) is 19.7. The maximum Gasteiger partial charge on any atom is 0.291 e. The van der Waals surface area contributed by atoms with E-state index in [1.807, 2.05) is 6.07 Å². The number of carbonyl (C=O) groups is 1. The maximum atomic E-state index is 12.9. The van der Waals surface area contributed by atoms with E-state index in [4.69, 9.17) is 11.6 Å². The first-order valence-corrected chi connectivity index (χ1v) is 9.68. The van der Waals surface area contributed by atoms with Crippen molar-refractivity contribution in [2.45, 2.75) is 19.8 Å². The van der Waals surface area contributed by atoms with Gasteiger partial charge in [0.15, 0.2) is 5.82 Å². The number of benzene rings is 1. The Morgan fingerprint density at radius 1 is 1.21 bits per heavy atom. The summed E-state index contributed by atoms with van der Waals surface area (Å²) in [5.41, 5.74) is 1.66. The summed E-state index contributed by atoms with van der Waals surface area (Å²) in [5, 5.41) is 15.1. The summed E-state index contributed by atoms with van der Waals surface area (Å²) in [6, 6.07) is 7.27. The molecular weight excluding hydrogens is 378 g/mol. The molecule has 0 atom stereocenters. The number of carbonyl (C=O) groups excluding carboxylic acids is 1. The van der Waals surface area contributed by atoms with Gasteiger partial charge in [0.05, 0.1) is 5.52 Å². The van der Waals surface area contributed by atoms with Crippen molar-refractivity contribution in [3.63, 3.8) is 0 Å². The number of piperazine rings is 1. The van der Waals surface area contributed by atoms with Gasteiger partial charge in [-0.15, -0.1) is 0 Å². The van der Waals surface area contributed by atoms with Gasteiger partial charge in [-0.25, -0.2) is 9.97 Å². The third kappa shape index (κ3) is 3.79. The zero-order valence-electron chi connectivity index (χ0n) is 15.8. The van der Waals surface area contributed by atoms with Crippen molar-refractivity contribution in [3.8, 4) is 0 Å². The van der Waals surface area contributed by atoms with E-state index in [9.17, 15) is 4.79 Å². The van der Waals surface area contributed by atoms with Crippen LogP contribution in [0.1, 0.15) is 36.1 Å². The van der Waals surface area contributed by atoms with Crippen molar-refractivity contribution in [2.75, 3.05) is 31.5 Å². The second-order valence-corrected chi connectivity index (χ2v) is 7.52. The van der Waals surface area contributed by atoms with Gasteiger partial charge in [-0.1, -0.05) is 25.4 Å². The number of rotatable bonds is 4. The molecule has 1 saturated heterocycles. The summed E-state index contributed by atoms with van der Waals surface area (Å²) < 4.78 is 0. The van der Waals surface area contributed by atoms with Crippen molar-refractivity contribution in [3.05, 3.63) is 40.8 Å². The van der Waals surface area contributed by atoms with Crippen molar-refractivity contribution < 1.29 is 4.79 Å². The quantitative estimate of drug-likeness (QED) is 0.623. The lowest BCUT2D eigenvalue weighted by atomic mass is 10.1. The predicted octanol–water partition coefficient (Wildman–Crippen LogP) is 2.92. The molecule has 1 fully saturated rings. The molecule has 3 heterocycles. The van der Waals surface area contributed by atoms with E-state index in [2.05, 4.69) is 44.6 Å². The van der Waals surface area contributed by atoms with E-state index in [1.165, 1.54) is 0 Å². The monoisotopic (exact) mass is 399 g/mol. The fourth-order valence-corrected chi connectivity index (χ4v) is 3.29. The Balaban J connectivity index is 1.73. The molecule has 2 aromatic heterocycles. The normalized spacial score (nSPS) is 14.6. The lowest BCUT2D eigenvalue weighted by Gasteiger charge is -2.26. The number of aromatic amines is 1. The number of amides is 1. The van der Waals surface area contributed by atoms with Crippen molar-refractivity contribution in [1.29, 1.82) is 0 Å². The molecule has 1 aromatic carbocycles. The first-order valence-electron chi connectivity index (χ1n) is 9.31. The minimum Gasteiger partial charge on any atom is -0.333 e. The zero-order valence-corrected chi connectivity index (χ0v) is 16.5. The van der Waals surface area contributed by atoms with Crippen LogP contribution in [0.4, 0.5) is 11.6 Å². The molecule has 1 aliphatic rings. The second kappa shape index (κ2) is 7.73. The predicted molar refractivity (Wildman–Crippen MR) is 109 cm³/mol. The molecule has 3 aromatic rings. The highest BCUT2D eigenvalue weighted by Gasteiger charge is 2.22. The summed E-state index contributed by atoms with van der Waals surface area (Å²) in [5.74, 6) is 1.45. The third-order valence-electron chi connectivity index (χ3n) is 4.72. The minimum atomic E-state index is -0.175. The molecule has 146 valence electrons. The largest absolute Gasteiger partial charge is 0.333 e. The van der Waals surface area contributed by atoms with Crippen LogP contribution in [0.3, 0.4) is 0 Å². The first kappa shape index (κ1) is 18.6. The van der Waals surface area contributed by atoms with Gasteiger partial charge in [-0.3, -0.25) is 9.89 Å². The van der Waals surface area contributed by atoms with Crippen LogP contribution >= 0.6 is 11.6 Å². The highest BCUT2D eigenvalue weighted by atomic mass is 35.5. The molecule has 3 N–H and O–H groups in total. The summed E-state index contributed by atoms with van der Waals surface area (Å²) in [4.78, 5) is 23.7. The van der Waals surface area contributed by atoms with Crippen LogP contribution in [-0.2, 0) is 0 Å².